The highest BCUT2D eigenvalue weighted by atomic mass is 19.1. The smallest absolute Gasteiger partial charge is 0.254 e. The number of alkyl halides is 1. The van der Waals surface area contributed by atoms with Crippen LogP contribution in [-0.2, 0) is 11.3 Å². The number of benzene rings is 1. The summed E-state index contributed by atoms with van der Waals surface area (Å²) in [5, 5.41) is 3.60. The molecule has 2 rings (SSSR count). The molecule has 0 saturated carbocycles. The second kappa shape index (κ2) is 8.34. The molecule has 0 bridgehead atoms. The maximum atomic E-state index is 12.8. The molecule has 1 aromatic carbocycles. The van der Waals surface area contributed by atoms with Gasteiger partial charge in [-0.05, 0) is 30.7 Å². The van der Waals surface area contributed by atoms with Gasteiger partial charge in [-0.3, -0.25) is 14.0 Å². The SMILES string of the molecule is CC(C)(C)[C@@H](NC(=O)c1cn(CCCCCF)c2ccccc12)C(N)=O. The average molecular weight is 361 g/mol. The van der Waals surface area contributed by atoms with Gasteiger partial charge in [-0.25, -0.2) is 0 Å². The summed E-state index contributed by atoms with van der Waals surface area (Å²) in [7, 11) is 0. The molecule has 6 heteroatoms. The minimum atomic E-state index is -0.762. The van der Waals surface area contributed by atoms with Gasteiger partial charge in [-0.15, -0.1) is 0 Å². The first-order valence-corrected chi connectivity index (χ1v) is 8.99. The van der Waals surface area contributed by atoms with Gasteiger partial charge in [-0.2, -0.15) is 0 Å². The summed E-state index contributed by atoms with van der Waals surface area (Å²) >= 11 is 0. The normalized spacial score (nSPS) is 12.9. The average Bonchev–Trinajstić information content (AvgIpc) is 2.94. The monoisotopic (exact) mass is 361 g/mol. The molecule has 0 radical (unpaired) electrons. The minimum Gasteiger partial charge on any atom is -0.368 e. The molecular weight excluding hydrogens is 333 g/mol. The van der Waals surface area contributed by atoms with Crippen LogP contribution in [0.1, 0.15) is 50.4 Å². The molecule has 1 atom stereocenters. The van der Waals surface area contributed by atoms with Gasteiger partial charge in [0.15, 0.2) is 0 Å². The summed E-state index contributed by atoms with van der Waals surface area (Å²) in [5.74, 6) is -0.872. The van der Waals surface area contributed by atoms with E-state index in [9.17, 15) is 14.0 Å². The van der Waals surface area contributed by atoms with Crippen molar-refractivity contribution in [1.29, 1.82) is 0 Å². The van der Waals surface area contributed by atoms with Crippen molar-refractivity contribution in [2.75, 3.05) is 6.67 Å². The third kappa shape index (κ3) is 4.62. The third-order valence-corrected chi connectivity index (χ3v) is 4.49. The molecule has 0 aliphatic carbocycles. The number of para-hydroxylation sites is 1. The lowest BCUT2D eigenvalue weighted by atomic mass is 9.86. The van der Waals surface area contributed by atoms with E-state index in [4.69, 9.17) is 5.73 Å². The summed E-state index contributed by atoms with van der Waals surface area (Å²) in [6.07, 6.45) is 4.00. The first kappa shape index (κ1) is 19.9. The van der Waals surface area contributed by atoms with Crippen LogP contribution in [0, 0.1) is 5.41 Å². The Morgan fingerprint density at radius 2 is 1.88 bits per heavy atom. The number of carbonyl (C=O) groups excluding carboxylic acids is 2. The molecule has 5 nitrogen and oxygen atoms in total. The number of nitrogens with one attached hydrogen (secondary N) is 1. The van der Waals surface area contributed by atoms with E-state index in [1.165, 1.54) is 0 Å². The van der Waals surface area contributed by atoms with Gasteiger partial charge in [0.2, 0.25) is 5.91 Å². The van der Waals surface area contributed by atoms with Crippen LogP contribution < -0.4 is 11.1 Å². The summed E-state index contributed by atoms with van der Waals surface area (Å²) < 4.78 is 14.3. The van der Waals surface area contributed by atoms with E-state index >= 15 is 0 Å². The van der Waals surface area contributed by atoms with Gasteiger partial charge in [0.05, 0.1) is 12.2 Å². The van der Waals surface area contributed by atoms with Crippen LogP contribution in [0.2, 0.25) is 0 Å². The van der Waals surface area contributed by atoms with E-state index in [-0.39, 0.29) is 12.6 Å². The second-order valence-corrected chi connectivity index (χ2v) is 7.68. The molecule has 2 amide bonds. The van der Waals surface area contributed by atoms with Gasteiger partial charge < -0.3 is 15.6 Å². The Morgan fingerprint density at radius 3 is 2.50 bits per heavy atom. The molecule has 0 fully saturated rings. The number of unbranched alkanes of at least 4 members (excludes halogenated alkanes) is 2. The molecule has 26 heavy (non-hydrogen) atoms. The standard InChI is InChI=1S/C20H28FN3O2/c1-20(2,3)17(18(22)25)23-19(26)15-13-24(12-8-4-7-11-21)16-10-6-5-9-14(15)16/h5-6,9-10,13,17H,4,7-8,11-12H2,1-3H3,(H2,22,25)(H,23,26)/t17-/m0/s1. The van der Waals surface area contributed by atoms with Crippen molar-refractivity contribution in [3.8, 4) is 0 Å². The van der Waals surface area contributed by atoms with Crippen molar-refractivity contribution in [3.05, 3.63) is 36.0 Å². The third-order valence-electron chi connectivity index (χ3n) is 4.49. The lowest BCUT2D eigenvalue weighted by Gasteiger charge is -2.28. The number of hydrogen-bond acceptors (Lipinski definition) is 2. The predicted octanol–water partition coefficient (Wildman–Crippen LogP) is 3.41. The molecule has 1 heterocycles. The fourth-order valence-electron chi connectivity index (χ4n) is 3.09. The first-order chi connectivity index (χ1) is 12.3. The lowest BCUT2D eigenvalue weighted by Crippen LogP contribution is -2.52. The van der Waals surface area contributed by atoms with Gasteiger partial charge in [-0.1, -0.05) is 39.0 Å². The maximum Gasteiger partial charge on any atom is 0.254 e. The Hall–Kier alpha value is -2.37. The molecule has 1 aromatic heterocycles. The van der Waals surface area contributed by atoms with E-state index < -0.39 is 17.4 Å². The molecule has 0 spiro atoms. The highest BCUT2D eigenvalue weighted by Crippen LogP contribution is 2.24. The Kier molecular flexibility index (Phi) is 6.40. The van der Waals surface area contributed by atoms with Crippen molar-refractivity contribution in [2.45, 2.75) is 52.6 Å². The maximum absolute atomic E-state index is 12.8. The van der Waals surface area contributed by atoms with Crippen LogP contribution in [0.25, 0.3) is 10.9 Å². The topological polar surface area (TPSA) is 77.1 Å². The van der Waals surface area contributed by atoms with Gasteiger partial charge in [0.25, 0.3) is 5.91 Å². The van der Waals surface area contributed by atoms with Crippen LogP contribution in [0.15, 0.2) is 30.5 Å². The lowest BCUT2D eigenvalue weighted by molar-refractivity contribution is -0.122. The predicted molar refractivity (Wildman–Crippen MR) is 102 cm³/mol. The van der Waals surface area contributed by atoms with Crippen molar-refractivity contribution in [3.63, 3.8) is 0 Å². The van der Waals surface area contributed by atoms with E-state index in [1.807, 2.05) is 49.6 Å². The summed E-state index contributed by atoms with van der Waals surface area (Å²) in [6, 6.07) is 6.88. The van der Waals surface area contributed by atoms with Crippen molar-refractivity contribution < 1.29 is 14.0 Å². The number of aryl methyl sites for hydroxylation is 1. The zero-order chi connectivity index (χ0) is 19.3. The van der Waals surface area contributed by atoms with Crippen LogP contribution in [0.3, 0.4) is 0 Å². The molecule has 0 saturated heterocycles. The summed E-state index contributed by atoms with van der Waals surface area (Å²) in [6.45, 7) is 5.98. The van der Waals surface area contributed by atoms with E-state index in [2.05, 4.69) is 5.32 Å². The Labute approximate surface area is 153 Å². The van der Waals surface area contributed by atoms with Crippen molar-refractivity contribution in [2.24, 2.45) is 11.1 Å². The number of aromatic nitrogens is 1. The molecular formula is C20H28FN3O2. The zero-order valence-corrected chi connectivity index (χ0v) is 15.7. The number of primary amides is 1. The van der Waals surface area contributed by atoms with Crippen LogP contribution in [0.4, 0.5) is 4.39 Å². The van der Waals surface area contributed by atoms with Gasteiger partial charge >= 0.3 is 0 Å². The quantitative estimate of drug-likeness (QED) is 0.707. The number of fused-ring (bicyclic) bond motifs is 1. The van der Waals surface area contributed by atoms with Gasteiger partial charge in [0, 0.05) is 23.6 Å². The number of nitrogens with two attached hydrogens (primary N) is 1. The largest absolute Gasteiger partial charge is 0.368 e. The first-order valence-electron chi connectivity index (χ1n) is 8.99. The Bertz CT molecular complexity index is 777. The number of halogens is 1. The van der Waals surface area contributed by atoms with E-state index in [0.717, 1.165) is 23.7 Å². The molecule has 2 aromatic rings. The fourth-order valence-corrected chi connectivity index (χ4v) is 3.09. The Morgan fingerprint density at radius 1 is 1.19 bits per heavy atom. The Balaban J connectivity index is 2.28. The van der Waals surface area contributed by atoms with Crippen LogP contribution >= 0.6 is 0 Å². The van der Waals surface area contributed by atoms with Crippen molar-refractivity contribution >= 4 is 22.7 Å². The highest BCUT2D eigenvalue weighted by molar-refractivity contribution is 6.08. The number of carbonyl (C=O) groups is 2. The number of rotatable bonds is 8. The summed E-state index contributed by atoms with van der Waals surface area (Å²) in [5.41, 5.74) is 6.46. The molecule has 0 aliphatic heterocycles. The molecule has 0 unspecified atom stereocenters. The highest BCUT2D eigenvalue weighted by Gasteiger charge is 2.32. The fraction of sp³-hybridized carbons (Fsp3) is 0.500. The molecule has 3 N–H and O–H groups in total. The number of amides is 2. The number of nitrogens with zero attached hydrogens (tertiary/aromatic N) is 1. The van der Waals surface area contributed by atoms with Crippen LogP contribution in [-0.4, -0.2) is 29.1 Å². The number of hydrogen-bond donors (Lipinski definition) is 2. The van der Waals surface area contributed by atoms with Gasteiger partial charge in [0.1, 0.15) is 6.04 Å². The zero-order valence-electron chi connectivity index (χ0n) is 15.7. The van der Waals surface area contributed by atoms with E-state index in [0.29, 0.717) is 18.5 Å². The molecule has 142 valence electrons. The summed E-state index contributed by atoms with van der Waals surface area (Å²) in [4.78, 5) is 24.6. The second-order valence-electron chi connectivity index (χ2n) is 7.68. The van der Waals surface area contributed by atoms with Crippen LogP contribution in [0.5, 0.6) is 0 Å². The van der Waals surface area contributed by atoms with E-state index in [1.54, 1.807) is 6.20 Å². The minimum absolute atomic E-state index is 0.304. The molecule has 0 aliphatic rings. The van der Waals surface area contributed by atoms with Crippen molar-refractivity contribution in [1.82, 2.24) is 9.88 Å².